The van der Waals surface area contributed by atoms with Gasteiger partial charge in [-0.2, -0.15) is 0 Å². The van der Waals surface area contributed by atoms with Crippen molar-refractivity contribution in [1.29, 1.82) is 0 Å². The molecule has 0 saturated carbocycles. The Morgan fingerprint density at radius 2 is 1.04 bits per heavy atom. The maximum Gasteiger partial charge on any atom is 0.472 e. The van der Waals surface area contributed by atoms with Crippen LogP contribution in [0.4, 0.5) is 0 Å². The summed E-state index contributed by atoms with van der Waals surface area (Å²) in [7, 11) is -4.53. The second-order valence-electron chi connectivity index (χ2n) is 12.5. The summed E-state index contributed by atoms with van der Waals surface area (Å²) in [5.41, 5.74) is 0. The van der Waals surface area contributed by atoms with Crippen LogP contribution >= 0.6 is 7.82 Å². The zero-order valence-corrected chi connectivity index (χ0v) is 33.1. The molecule has 3 atom stereocenters. The molecule has 0 spiro atoms. The summed E-state index contributed by atoms with van der Waals surface area (Å²) in [4.78, 5) is 22.5. The highest BCUT2D eigenvalue weighted by atomic mass is 31.2. The van der Waals surface area contributed by atoms with Crippen molar-refractivity contribution in [2.45, 2.75) is 142 Å². The highest BCUT2D eigenvalue weighted by Crippen LogP contribution is 2.43. The van der Waals surface area contributed by atoms with Gasteiger partial charge >= 0.3 is 13.8 Å². The van der Waals surface area contributed by atoms with E-state index in [1.54, 1.807) is 0 Å². The molecule has 0 radical (unpaired) electrons. The Labute approximate surface area is 315 Å². The van der Waals surface area contributed by atoms with Crippen molar-refractivity contribution in [2.24, 2.45) is 0 Å². The van der Waals surface area contributed by atoms with Gasteiger partial charge in [0.05, 0.1) is 26.4 Å². The van der Waals surface area contributed by atoms with Crippen LogP contribution in [0.2, 0.25) is 0 Å². The van der Waals surface area contributed by atoms with E-state index in [4.69, 9.17) is 23.6 Å². The molecule has 3 N–H and O–H groups in total. The van der Waals surface area contributed by atoms with Crippen LogP contribution in [0.1, 0.15) is 129 Å². The van der Waals surface area contributed by atoms with Gasteiger partial charge in [0.2, 0.25) is 0 Å². The minimum Gasteiger partial charge on any atom is -0.457 e. The topological polar surface area (TPSA) is 132 Å². The van der Waals surface area contributed by atoms with Crippen LogP contribution in [0.15, 0.2) is 85.1 Å². The second kappa shape index (κ2) is 38.4. The van der Waals surface area contributed by atoms with Crippen LogP contribution in [-0.4, -0.2) is 66.3 Å². The monoisotopic (exact) mass is 750 g/mol. The van der Waals surface area contributed by atoms with Gasteiger partial charge in [0, 0.05) is 13.0 Å². The average Bonchev–Trinajstić information content (AvgIpc) is 3.13. The number of unbranched alkanes of at least 4 members (excludes halogenated alkanes) is 8. The second-order valence-corrected chi connectivity index (χ2v) is 14.0. The molecule has 10 heteroatoms. The molecular formula is C42H71O9P. The van der Waals surface area contributed by atoms with E-state index in [0.717, 1.165) is 83.5 Å². The fourth-order valence-corrected chi connectivity index (χ4v) is 5.44. The van der Waals surface area contributed by atoms with Crippen LogP contribution in [0, 0.1) is 0 Å². The van der Waals surface area contributed by atoms with Gasteiger partial charge in [-0.05, 0) is 83.5 Å². The predicted octanol–water partition coefficient (Wildman–Crippen LogP) is 10.4. The minimum absolute atomic E-state index is 0.0178. The molecule has 0 heterocycles. The Hall–Kier alpha value is -2.36. The fraction of sp³-hybridized carbons (Fsp3) is 0.643. The quantitative estimate of drug-likeness (QED) is 0.0248. The van der Waals surface area contributed by atoms with E-state index in [-0.39, 0.29) is 13.0 Å². The van der Waals surface area contributed by atoms with E-state index in [1.165, 1.54) is 19.3 Å². The van der Waals surface area contributed by atoms with E-state index in [2.05, 4.69) is 98.9 Å². The number of ether oxygens (including phenoxy) is 2. The standard InChI is InChI=1S/C42H71O9P/c1-3-5-7-9-11-13-15-17-19-21-23-25-27-29-31-33-35-48-38-41(39-50-52(46,47)49-37-40(44)36-43)51-42(45)34-32-30-28-26-24-22-20-18-16-14-12-10-8-6-4-2/h5-8,11-14,17-20,24,26,40-41,43-44H,3-4,9-10,15-16,21-23,25,27-39H2,1-2H3,(H,46,47)/b7-5-,8-6-,13-11-,14-12-,19-17-,20-18-,26-24-. The maximum absolute atomic E-state index is 12.6. The molecule has 3 unspecified atom stereocenters. The van der Waals surface area contributed by atoms with Gasteiger partial charge in [-0.15, -0.1) is 0 Å². The Morgan fingerprint density at radius 3 is 1.56 bits per heavy atom. The molecule has 0 bridgehead atoms. The Bertz CT molecular complexity index is 1080. The normalized spacial score (nSPS) is 15.1. The first-order valence-corrected chi connectivity index (χ1v) is 21.1. The number of hydrogen-bond acceptors (Lipinski definition) is 8. The Morgan fingerprint density at radius 1 is 0.596 bits per heavy atom. The number of esters is 1. The summed E-state index contributed by atoms with van der Waals surface area (Å²) in [6, 6.07) is 0. The molecule has 0 saturated heterocycles. The average molecular weight is 751 g/mol. The van der Waals surface area contributed by atoms with Crippen molar-refractivity contribution < 1.29 is 43.0 Å². The van der Waals surface area contributed by atoms with Crippen molar-refractivity contribution in [3.63, 3.8) is 0 Å². The first-order valence-electron chi connectivity index (χ1n) is 19.6. The summed E-state index contributed by atoms with van der Waals surface area (Å²) in [5, 5.41) is 18.3. The van der Waals surface area contributed by atoms with E-state index >= 15 is 0 Å². The molecular weight excluding hydrogens is 679 g/mol. The number of allylic oxidation sites excluding steroid dienone is 14. The number of aliphatic hydroxyl groups excluding tert-OH is 2. The number of rotatable bonds is 36. The molecule has 0 aromatic carbocycles. The third kappa shape index (κ3) is 37.4. The Kier molecular flexibility index (Phi) is 36.6. The first kappa shape index (κ1) is 49.6. The number of carbonyl (C=O) groups is 1. The third-order valence-electron chi connectivity index (χ3n) is 7.58. The van der Waals surface area contributed by atoms with Gasteiger partial charge in [0.25, 0.3) is 0 Å². The molecule has 0 fully saturated rings. The lowest BCUT2D eigenvalue weighted by molar-refractivity contribution is -0.154. The van der Waals surface area contributed by atoms with Crippen LogP contribution in [-0.2, 0) is 27.9 Å². The van der Waals surface area contributed by atoms with E-state index in [9.17, 15) is 19.4 Å². The van der Waals surface area contributed by atoms with Crippen LogP contribution in [0.5, 0.6) is 0 Å². The number of phosphoric acid groups is 1. The molecule has 0 aliphatic heterocycles. The van der Waals surface area contributed by atoms with Crippen molar-refractivity contribution in [2.75, 3.05) is 33.0 Å². The summed E-state index contributed by atoms with van der Waals surface area (Å²) < 4.78 is 33.2. The lowest BCUT2D eigenvalue weighted by atomic mass is 10.1. The lowest BCUT2D eigenvalue weighted by Crippen LogP contribution is -2.29. The van der Waals surface area contributed by atoms with Gasteiger partial charge in [0.1, 0.15) is 12.2 Å². The molecule has 52 heavy (non-hydrogen) atoms. The predicted molar refractivity (Wildman–Crippen MR) is 214 cm³/mol. The zero-order chi connectivity index (χ0) is 38.2. The number of carbonyl (C=O) groups excluding carboxylic acids is 1. The highest BCUT2D eigenvalue weighted by molar-refractivity contribution is 7.47. The van der Waals surface area contributed by atoms with Crippen molar-refractivity contribution in [3.8, 4) is 0 Å². The third-order valence-corrected chi connectivity index (χ3v) is 8.53. The zero-order valence-electron chi connectivity index (χ0n) is 32.2. The van der Waals surface area contributed by atoms with Gasteiger partial charge in [-0.3, -0.25) is 13.8 Å². The van der Waals surface area contributed by atoms with Crippen molar-refractivity contribution >= 4 is 13.8 Å². The number of hydrogen-bond donors (Lipinski definition) is 3. The number of aliphatic hydroxyl groups is 2. The van der Waals surface area contributed by atoms with E-state index < -0.39 is 45.8 Å². The fourth-order valence-electron chi connectivity index (χ4n) is 4.65. The smallest absolute Gasteiger partial charge is 0.457 e. The molecule has 9 nitrogen and oxygen atoms in total. The summed E-state index contributed by atoms with van der Waals surface area (Å²) in [6.07, 6.45) is 45.4. The van der Waals surface area contributed by atoms with Crippen molar-refractivity contribution in [3.05, 3.63) is 85.1 Å². The molecule has 0 aromatic heterocycles. The largest absolute Gasteiger partial charge is 0.472 e. The molecule has 0 aliphatic rings. The summed E-state index contributed by atoms with van der Waals surface area (Å²) in [5.74, 6) is -0.433. The van der Waals surface area contributed by atoms with E-state index in [1.807, 2.05) is 0 Å². The van der Waals surface area contributed by atoms with Gasteiger partial charge in [-0.25, -0.2) is 4.57 Å². The first-order chi connectivity index (χ1) is 25.3. The summed E-state index contributed by atoms with van der Waals surface area (Å²) in [6.45, 7) is 3.16. The Balaban J connectivity index is 4.34. The molecule has 0 aromatic rings. The minimum atomic E-state index is -4.53. The van der Waals surface area contributed by atoms with Gasteiger partial charge in [-0.1, -0.05) is 125 Å². The van der Waals surface area contributed by atoms with E-state index in [0.29, 0.717) is 13.0 Å². The molecule has 0 aliphatic carbocycles. The SMILES string of the molecule is CC/C=C\C/C=C\C/C=C\C/C=C\CCCCC(=O)OC(COCCCCCCCC/C=C\C/C=C\C/C=C\CC)COP(=O)(O)OCC(O)CO. The van der Waals surface area contributed by atoms with Crippen LogP contribution < -0.4 is 0 Å². The maximum atomic E-state index is 12.6. The molecule has 298 valence electrons. The molecule has 0 amide bonds. The molecule has 0 rings (SSSR count). The van der Waals surface area contributed by atoms with Gasteiger partial charge < -0.3 is 24.6 Å². The number of phosphoric ester groups is 1. The van der Waals surface area contributed by atoms with Crippen LogP contribution in [0.25, 0.3) is 0 Å². The lowest BCUT2D eigenvalue weighted by Gasteiger charge is -2.20. The highest BCUT2D eigenvalue weighted by Gasteiger charge is 2.26. The van der Waals surface area contributed by atoms with Crippen LogP contribution in [0.3, 0.4) is 0 Å². The van der Waals surface area contributed by atoms with Gasteiger partial charge in [0.15, 0.2) is 0 Å². The van der Waals surface area contributed by atoms with Crippen molar-refractivity contribution in [1.82, 2.24) is 0 Å². The summed E-state index contributed by atoms with van der Waals surface area (Å²) >= 11 is 0.